The van der Waals surface area contributed by atoms with Gasteiger partial charge in [-0.2, -0.15) is 0 Å². The highest BCUT2D eigenvalue weighted by molar-refractivity contribution is 4.55. The molecule has 0 aliphatic rings. The molecule has 0 atom stereocenters. The standard InChI is InChI=1S/C5H14N2O/c1-4(2)8-5(3,6)7/h4H,6-7H2,1-3H3. The van der Waals surface area contributed by atoms with E-state index in [1.165, 1.54) is 0 Å². The Morgan fingerprint density at radius 3 is 1.75 bits per heavy atom. The van der Waals surface area contributed by atoms with Crippen LogP contribution >= 0.6 is 0 Å². The topological polar surface area (TPSA) is 61.3 Å². The first kappa shape index (κ1) is 7.88. The van der Waals surface area contributed by atoms with Crippen molar-refractivity contribution in [3.05, 3.63) is 0 Å². The van der Waals surface area contributed by atoms with Crippen LogP contribution in [0.3, 0.4) is 0 Å². The zero-order valence-electron chi connectivity index (χ0n) is 5.64. The summed E-state index contributed by atoms with van der Waals surface area (Å²) in [5.74, 6) is -0.978. The molecule has 0 heterocycles. The number of ether oxygens (including phenoxy) is 1. The van der Waals surface area contributed by atoms with E-state index in [4.69, 9.17) is 16.2 Å². The van der Waals surface area contributed by atoms with Crippen LogP contribution in [0.1, 0.15) is 20.8 Å². The summed E-state index contributed by atoms with van der Waals surface area (Å²) in [7, 11) is 0. The Bertz CT molecular complexity index is 65.3. The Balaban J connectivity index is 3.39. The molecule has 4 N–H and O–H groups in total. The fourth-order valence-corrected chi connectivity index (χ4v) is 0.508. The number of hydrogen-bond acceptors (Lipinski definition) is 3. The molecule has 0 amide bonds. The average molecular weight is 118 g/mol. The second kappa shape index (κ2) is 2.44. The second-order valence-electron chi connectivity index (χ2n) is 2.35. The van der Waals surface area contributed by atoms with Crippen LogP contribution in [0.25, 0.3) is 0 Å². The van der Waals surface area contributed by atoms with Gasteiger partial charge in [0.2, 0.25) is 0 Å². The molecule has 3 nitrogen and oxygen atoms in total. The van der Waals surface area contributed by atoms with E-state index in [1.54, 1.807) is 6.92 Å². The summed E-state index contributed by atoms with van der Waals surface area (Å²) >= 11 is 0. The Hall–Kier alpha value is -0.120. The lowest BCUT2D eigenvalue weighted by Crippen LogP contribution is -2.50. The van der Waals surface area contributed by atoms with Gasteiger partial charge in [0.25, 0.3) is 0 Å². The molecule has 0 radical (unpaired) electrons. The van der Waals surface area contributed by atoms with Gasteiger partial charge in [0.1, 0.15) is 0 Å². The van der Waals surface area contributed by atoms with Crippen molar-refractivity contribution in [2.24, 2.45) is 11.5 Å². The SMILES string of the molecule is CC(C)OC(C)(N)N. The first-order valence-corrected chi connectivity index (χ1v) is 2.67. The van der Waals surface area contributed by atoms with Crippen LogP contribution < -0.4 is 11.5 Å². The Morgan fingerprint density at radius 2 is 1.75 bits per heavy atom. The molecule has 0 bridgehead atoms. The van der Waals surface area contributed by atoms with E-state index in [-0.39, 0.29) is 6.10 Å². The van der Waals surface area contributed by atoms with Gasteiger partial charge in [0.05, 0.1) is 6.10 Å². The zero-order chi connectivity index (χ0) is 6.78. The molecule has 3 heteroatoms. The van der Waals surface area contributed by atoms with E-state index in [9.17, 15) is 0 Å². The predicted molar refractivity (Wildman–Crippen MR) is 33.0 cm³/mol. The normalized spacial score (nSPS) is 12.8. The average Bonchev–Trinajstić information content (AvgIpc) is 1.21. The summed E-state index contributed by atoms with van der Waals surface area (Å²) in [5, 5.41) is 0. The van der Waals surface area contributed by atoms with Gasteiger partial charge in [0, 0.05) is 0 Å². The number of hydrogen-bond donors (Lipinski definition) is 2. The molecule has 0 saturated carbocycles. The molecule has 0 aromatic rings. The van der Waals surface area contributed by atoms with Crippen molar-refractivity contribution in [1.82, 2.24) is 0 Å². The maximum absolute atomic E-state index is 5.29. The van der Waals surface area contributed by atoms with E-state index in [2.05, 4.69) is 0 Å². The molecule has 0 spiro atoms. The third-order valence-corrected chi connectivity index (χ3v) is 0.490. The van der Waals surface area contributed by atoms with Gasteiger partial charge in [-0.1, -0.05) is 0 Å². The van der Waals surface area contributed by atoms with Crippen LogP contribution in [0.2, 0.25) is 0 Å². The van der Waals surface area contributed by atoms with Crippen molar-refractivity contribution < 1.29 is 4.74 Å². The summed E-state index contributed by atoms with van der Waals surface area (Å²) in [4.78, 5) is 0. The minimum absolute atomic E-state index is 0.0926. The summed E-state index contributed by atoms with van der Waals surface area (Å²) in [6.45, 7) is 5.39. The summed E-state index contributed by atoms with van der Waals surface area (Å²) in [6.07, 6.45) is 0.0926. The van der Waals surface area contributed by atoms with Gasteiger partial charge in [-0.05, 0) is 20.8 Å². The molecule has 0 fully saturated rings. The van der Waals surface area contributed by atoms with Gasteiger partial charge in [-0.3, -0.25) is 11.5 Å². The predicted octanol–water partition coefficient (Wildman–Crippen LogP) is 0.00250. The highest BCUT2D eigenvalue weighted by Gasteiger charge is 2.11. The molecule has 0 unspecified atom stereocenters. The highest BCUT2D eigenvalue weighted by Crippen LogP contribution is 1.96. The Kier molecular flexibility index (Phi) is 2.40. The fourth-order valence-electron chi connectivity index (χ4n) is 0.508. The molecular weight excluding hydrogens is 104 g/mol. The molecule has 0 aliphatic carbocycles. The highest BCUT2D eigenvalue weighted by atomic mass is 16.5. The van der Waals surface area contributed by atoms with E-state index in [1.807, 2.05) is 13.8 Å². The maximum atomic E-state index is 5.29. The summed E-state index contributed by atoms with van der Waals surface area (Å²) in [5.41, 5.74) is 10.6. The molecule has 0 aliphatic heterocycles. The van der Waals surface area contributed by atoms with Crippen LogP contribution in [-0.4, -0.2) is 12.0 Å². The number of rotatable bonds is 2. The minimum Gasteiger partial charge on any atom is -0.345 e. The first-order valence-electron chi connectivity index (χ1n) is 2.67. The third kappa shape index (κ3) is 5.88. The van der Waals surface area contributed by atoms with Crippen molar-refractivity contribution in [1.29, 1.82) is 0 Å². The molecule has 8 heavy (non-hydrogen) atoms. The van der Waals surface area contributed by atoms with Crippen LogP contribution in [0, 0.1) is 0 Å². The van der Waals surface area contributed by atoms with Crippen molar-refractivity contribution in [2.75, 3.05) is 0 Å². The summed E-state index contributed by atoms with van der Waals surface area (Å²) < 4.78 is 4.99. The smallest absolute Gasteiger partial charge is 0.167 e. The molecule has 0 saturated heterocycles. The lowest BCUT2D eigenvalue weighted by molar-refractivity contribution is -0.0595. The minimum atomic E-state index is -0.978. The largest absolute Gasteiger partial charge is 0.345 e. The molecule has 0 aromatic carbocycles. The van der Waals surface area contributed by atoms with Crippen LogP contribution in [-0.2, 0) is 4.74 Å². The Morgan fingerprint density at radius 1 is 1.38 bits per heavy atom. The van der Waals surface area contributed by atoms with E-state index >= 15 is 0 Å². The van der Waals surface area contributed by atoms with Crippen LogP contribution in [0.4, 0.5) is 0 Å². The third-order valence-electron chi connectivity index (χ3n) is 0.490. The van der Waals surface area contributed by atoms with Crippen LogP contribution in [0.5, 0.6) is 0 Å². The molecular formula is C5H14N2O. The lowest BCUT2D eigenvalue weighted by Gasteiger charge is -2.21. The van der Waals surface area contributed by atoms with Crippen molar-refractivity contribution in [3.8, 4) is 0 Å². The quantitative estimate of drug-likeness (QED) is 0.502. The fraction of sp³-hybridized carbons (Fsp3) is 1.00. The summed E-state index contributed by atoms with van der Waals surface area (Å²) in [6, 6.07) is 0. The first-order chi connectivity index (χ1) is 3.42. The zero-order valence-corrected chi connectivity index (χ0v) is 5.64. The maximum Gasteiger partial charge on any atom is 0.167 e. The van der Waals surface area contributed by atoms with Gasteiger partial charge in [-0.25, -0.2) is 0 Å². The molecule has 0 aromatic heterocycles. The molecule has 0 rings (SSSR count). The number of nitrogens with two attached hydrogens (primary N) is 2. The van der Waals surface area contributed by atoms with Gasteiger partial charge >= 0.3 is 0 Å². The second-order valence-corrected chi connectivity index (χ2v) is 2.35. The Labute approximate surface area is 50.0 Å². The van der Waals surface area contributed by atoms with Crippen molar-refractivity contribution in [3.63, 3.8) is 0 Å². The lowest BCUT2D eigenvalue weighted by atomic mass is 10.4. The molecule has 50 valence electrons. The van der Waals surface area contributed by atoms with E-state index in [0.29, 0.717) is 0 Å². The monoisotopic (exact) mass is 118 g/mol. The van der Waals surface area contributed by atoms with Gasteiger partial charge < -0.3 is 4.74 Å². The van der Waals surface area contributed by atoms with Gasteiger partial charge in [-0.15, -0.1) is 0 Å². The van der Waals surface area contributed by atoms with E-state index in [0.717, 1.165) is 0 Å². The van der Waals surface area contributed by atoms with Gasteiger partial charge in [0.15, 0.2) is 5.85 Å². The van der Waals surface area contributed by atoms with E-state index < -0.39 is 5.85 Å². The van der Waals surface area contributed by atoms with Crippen molar-refractivity contribution >= 4 is 0 Å². The van der Waals surface area contributed by atoms with Crippen molar-refractivity contribution in [2.45, 2.75) is 32.7 Å². The van der Waals surface area contributed by atoms with Crippen LogP contribution in [0.15, 0.2) is 0 Å².